The Morgan fingerprint density at radius 1 is 1.18 bits per heavy atom. The molecule has 0 bridgehead atoms. The fourth-order valence-electron chi connectivity index (χ4n) is 2.63. The lowest BCUT2D eigenvalue weighted by molar-refractivity contribution is 0.584. The molecular formula is C16H17FN2O2S. The molecule has 0 N–H and O–H groups in total. The second kappa shape index (κ2) is 5.35. The number of aryl methyl sites for hydroxylation is 3. The van der Waals surface area contributed by atoms with E-state index in [0.717, 1.165) is 41.9 Å². The molecule has 0 fully saturated rings. The third-order valence-electron chi connectivity index (χ3n) is 3.97. The van der Waals surface area contributed by atoms with Crippen molar-refractivity contribution in [2.75, 3.05) is 10.8 Å². The molecule has 2 heterocycles. The average Bonchev–Trinajstić information content (AvgIpc) is 2.48. The van der Waals surface area contributed by atoms with Crippen molar-refractivity contribution in [3.63, 3.8) is 0 Å². The SMILES string of the molecule is Cc1cc2c(nc1C)CCCN2S(=O)(=O)c1ccc(F)cc1. The third kappa shape index (κ3) is 2.47. The zero-order valence-electron chi connectivity index (χ0n) is 12.5. The Kier molecular flexibility index (Phi) is 3.64. The van der Waals surface area contributed by atoms with Crippen LogP contribution in [0, 0.1) is 19.7 Å². The Morgan fingerprint density at radius 3 is 2.55 bits per heavy atom. The standard InChI is InChI=1S/C16H17FN2O2S/c1-11-10-16-15(18-12(11)2)4-3-9-19(16)22(20,21)14-7-5-13(17)6-8-14/h5-8,10H,3-4,9H2,1-2H3. The topological polar surface area (TPSA) is 50.3 Å². The van der Waals surface area contributed by atoms with E-state index in [-0.39, 0.29) is 4.90 Å². The second-order valence-electron chi connectivity index (χ2n) is 5.49. The molecule has 1 aliphatic heterocycles. The first-order valence-electron chi connectivity index (χ1n) is 7.15. The molecule has 0 atom stereocenters. The highest BCUT2D eigenvalue weighted by Gasteiger charge is 2.30. The smallest absolute Gasteiger partial charge is 0.264 e. The Morgan fingerprint density at radius 2 is 1.86 bits per heavy atom. The Hall–Kier alpha value is -1.95. The van der Waals surface area contributed by atoms with Crippen molar-refractivity contribution in [3.05, 3.63) is 53.1 Å². The highest BCUT2D eigenvalue weighted by Crippen LogP contribution is 2.32. The highest BCUT2D eigenvalue weighted by atomic mass is 32.2. The summed E-state index contributed by atoms with van der Waals surface area (Å²) in [6, 6.07) is 6.80. The summed E-state index contributed by atoms with van der Waals surface area (Å²) in [5, 5.41) is 0. The van der Waals surface area contributed by atoms with Gasteiger partial charge in [-0.05, 0) is 62.6 Å². The van der Waals surface area contributed by atoms with Gasteiger partial charge < -0.3 is 0 Å². The van der Waals surface area contributed by atoms with Crippen molar-refractivity contribution < 1.29 is 12.8 Å². The molecule has 1 aliphatic rings. The molecule has 0 spiro atoms. The molecule has 0 saturated heterocycles. The molecule has 0 unspecified atom stereocenters. The lowest BCUT2D eigenvalue weighted by atomic mass is 10.1. The summed E-state index contributed by atoms with van der Waals surface area (Å²) in [7, 11) is -3.70. The Bertz CT molecular complexity index is 817. The second-order valence-corrected chi connectivity index (χ2v) is 7.35. The van der Waals surface area contributed by atoms with E-state index in [0.29, 0.717) is 12.2 Å². The van der Waals surface area contributed by atoms with Crippen LogP contribution in [-0.2, 0) is 16.4 Å². The summed E-state index contributed by atoms with van der Waals surface area (Å²) in [6.45, 7) is 4.25. The van der Waals surface area contributed by atoms with Crippen molar-refractivity contribution in [3.8, 4) is 0 Å². The zero-order chi connectivity index (χ0) is 15.9. The number of sulfonamides is 1. The summed E-state index contributed by atoms with van der Waals surface area (Å²) < 4.78 is 40.1. The minimum absolute atomic E-state index is 0.0972. The molecule has 22 heavy (non-hydrogen) atoms. The first kappa shape index (κ1) is 15.0. The van der Waals surface area contributed by atoms with E-state index in [1.165, 1.54) is 16.4 Å². The molecule has 6 heteroatoms. The van der Waals surface area contributed by atoms with E-state index >= 15 is 0 Å². The van der Waals surface area contributed by atoms with Crippen LogP contribution < -0.4 is 4.31 Å². The van der Waals surface area contributed by atoms with Gasteiger partial charge in [-0.2, -0.15) is 0 Å². The van der Waals surface area contributed by atoms with E-state index in [2.05, 4.69) is 4.98 Å². The number of fused-ring (bicyclic) bond motifs is 1. The van der Waals surface area contributed by atoms with Gasteiger partial charge in [0, 0.05) is 12.2 Å². The number of halogens is 1. The Labute approximate surface area is 129 Å². The number of rotatable bonds is 2. The average molecular weight is 320 g/mol. The maximum atomic E-state index is 13.0. The Balaban J connectivity index is 2.10. The fraction of sp³-hybridized carbons (Fsp3) is 0.312. The first-order chi connectivity index (χ1) is 10.4. The van der Waals surface area contributed by atoms with Gasteiger partial charge in [0.15, 0.2) is 0 Å². The number of nitrogens with zero attached hydrogens (tertiary/aromatic N) is 2. The summed E-state index contributed by atoms with van der Waals surface area (Å²) in [5.41, 5.74) is 3.32. The van der Waals surface area contributed by atoms with Crippen molar-refractivity contribution >= 4 is 15.7 Å². The van der Waals surface area contributed by atoms with Gasteiger partial charge in [0.2, 0.25) is 0 Å². The van der Waals surface area contributed by atoms with E-state index in [4.69, 9.17) is 0 Å². The van der Waals surface area contributed by atoms with E-state index in [1.54, 1.807) is 0 Å². The summed E-state index contributed by atoms with van der Waals surface area (Å²) in [6.07, 6.45) is 1.49. The van der Waals surface area contributed by atoms with Crippen molar-refractivity contribution in [1.82, 2.24) is 4.98 Å². The minimum atomic E-state index is -3.70. The van der Waals surface area contributed by atoms with Gasteiger partial charge in [0.05, 0.1) is 16.3 Å². The lowest BCUT2D eigenvalue weighted by Crippen LogP contribution is -2.36. The lowest BCUT2D eigenvalue weighted by Gasteiger charge is -2.30. The zero-order valence-corrected chi connectivity index (χ0v) is 13.3. The third-order valence-corrected chi connectivity index (χ3v) is 5.79. The van der Waals surface area contributed by atoms with Gasteiger partial charge in [-0.15, -0.1) is 0 Å². The van der Waals surface area contributed by atoms with Crippen molar-refractivity contribution in [2.24, 2.45) is 0 Å². The quantitative estimate of drug-likeness (QED) is 0.855. The van der Waals surface area contributed by atoms with Gasteiger partial charge in [-0.25, -0.2) is 12.8 Å². The van der Waals surface area contributed by atoms with Crippen LogP contribution >= 0.6 is 0 Å². The predicted octanol–water partition coefficient (Wildman–Crippen LogP) is 2.98. The van der Waals surface area contributed by atoms with Gasteiger partial charge in [-0.1, -0.05) is 0 Å². The van der Waals surface area contributed by atoms with Gasteiger partial charge in [0.1, 0.15) is 5.82 Å². The normalized spacial score (nSPS) is 14.8. The van der Waals surface area contributed by atoms with Crippen LogP contribution in [0.1, 0.15) is 23.4 Å². The van der Waals surface area contributed by atoms with Gasteiger partial charge in [0.25, 0.3) is 10.0 Å². The number of anilines is 1. The van der Waals surface area contributed by atoms with Crippen LogP contribution in [0.5, 0.6) is 0 Å². The number of benzene rings is 1. The summed E-state index contributed by atoms with van der Waals surface area (Å²) in [5.74, 6) is -0.453. The minimum Gasteiger partial charge on any atom is -0.264 e. The monoisotopic (exact) mass is 320 g/mol. The van der Waals surface area contributed by atoms with E-state index in [1.807, 2.05) is 19.9 Å². The van der Waals surface area contributed by atoms with Crippen LogP contribution in [0.4, 0.5) is 10.1 Å². The largest absolute Gasteiger partial charge is 0.264 e. The number of aromatic nitrogens is 1. The summed E-state index contributed by atoms with van der Waals surface area (Å²) >= 11 is 0. The molecular weight excluding hydrogens is 303 g/mol. The van der Waals surface area contributed by atoms with Crippen LogP contribution in [0.2, 0.25) is 0 Å². The maximum Gasteiger partial charge on any atom is 0.264 e. The van der Waals surface area contributed by atoms with Crippen LogP contribution in [-0.4, -0.2) is 19.9 Å². The van der Waals surface area contributed by atoms with Gasteiger partial charge in [-0.3, -0.25) is 9.29 Å². The molecule has 1 aromatic heterocycles. The van der Waals surface area contributed by atoms with Crippen molar-refractivity contribution in [1.29, 1.82) is 0 Å². The molecule has 1 aromatic carbocycles. The van der Waals surface area contributed by atoms with E-state index < -0.39 is 15.8 Å². The number of hydrogen-bond acceptors (Lipinski definition) is 3. The molecule has 4 nitrogen and oxygen atoms in total. The number of hydrogen-bond donors (Lipinski definition) is 0. The van der Waals surface area contributed by atoms with Gasteiger partial charge >= 0.3 is 0 Å². The van der Waals surface area contributed by atoms with Crippen LogP contribution in [0.15, 0.2) is 35.2 Å². The van der Waals surface area contributed by atoms with E-state index in [9.17, 15) is 12.8 Å². The molecule has 3 rings (SSSR count). The maximum absolute atomic E-state index is 13.0. The predicted molar refractivity (Wildman–Crippen MR) is 83.0 cm³/mol. The molecule has 2 aromatic rings. The molecule has 0 aliphatic carbocycles. The van der Waals surface area contributed by atoms with Crippen LogP contribution in [0.3, 0.4) is 0 Å². The first-order valence-corrected chi connectivity index (χ1v) is 8.59. The molecule has 0 saturated carbocycles. The van der Waals surface area contributed by atoms with Crippen LogP contribution in [0.25, 0.3) is 0 Å². The number of pyridine rings is 1. The molecule has 0 amide bonds. The van der Waals surface area contributed by atoms with Crippen molar-refractivity contribution in [2.45, 2.75) is 31.6 Å². The highest BCUT2D eigenvalue weighted by molar-refractivity contribution is 7.92. The fourth-order valence-corrected chi connectivity index (χ4v) is 4.16. The molecule has 116 valence electrons. The summed E-state index contributed by atoms with van der Waals surface area (Å²) in [4.78, 5) is 4.62. The molecule has 0 radical (unpaired) electrons.